The molecule has 0 spiro atoms. The molecule has 3 saturated heterocycles. The van der Waals surface area contributed by atoms with E-state index in [9.17, 15) is 44.4 Å². The topological polar surface area (TPSA) is 322 Å². The van der Waals surface area contributed by atoms with Crippen molar-refractivity contribution in [2.24, 2.45) is 0 Å². The first-order chi connectivity index (χ1) is 34.1. The Morgan fingerprint density at radius 2 is 1.26 bits per heavy atom. The molecule has 0 bridgehead atoms. The van der Waals surface area contributed by atoms with Crippen molar-refractivity contribution in [3.05, 3.63) is 0 Å². The Bertz CT molecular complexity index is 1830. The fourth-order valence-electron chi connectivity index (χ4n) is 8.74. The van der Waals surface area contributed by atoms with Gasteiger partial charge in [0, 0.05) is 26.7 Å². The third-order valence-corrected chi connectivity index (χ3v) is 11.9. The van der Waals surface area contributed by atoms with Gasteiger partial charge in [-0.05, 0) is 129 Å². The average molecular weight is 1070 g/mol. The Morgan fingerprint density at radius 1 is 0.703 bits per heavy atom. The molecule has 0 aromatic heterocycles. The van der Waals surface area contributed by atoms with Gasteiger partial charge in [-0.1, -0.05) is 0 Å². The van der Waals surface area contributed by atoms with Crippen molar-refractivity contribution in [2.75, 3.05) is 46.5 Å². The van der Waals surface area contributed by atoms with E-state index >= 15 is 0 Å². The van der Waals surface area contributed by atoms with Crippen LogP contribution in [-0.4, -0.2) is 210 Å². The zero-order chi connectivity index (χ0) is 55.6. The Balaban J connectivity index is 1.71. The molecule has 4 fully saturated rings. The molecular weight excluding hydrogens is 977 g/mol. The summed E-state index contributed by atoms with van der Waals surface area (Å²) in [5.41, 5.74) is -5.59. The normalized spacial score (nSPS) is 31.5. The van der Waals surface area contributed by atoms with Gasteiger partial charge in [-0.3, -0.25) is 4.79 Å². The molecule has 428 valence electrons. The molecule has 4 aliphatic rings. The Labute approximate surface area is 435 Å². The lowest BCUT2D eigenvalue weighted by Gasteiger charge is -2.51. The molecule has 3 heterocycles. The van der Waals surface area contributed by atoms with Crippen LogP contribution in [0.2, 0.25) is 0 Å². The predicted molar refractivity (Wildman–Crippen MR) is 263 cm³/mol. The van der Waals surface area contributed by atoms with E-state index in [0.29, 0.717) is 39.1 Å². The molecular formula is C49H88N6O19. The van der Waals surface area contributed by atoms with Gasteiger partial charge in [0.05, 0.1) is 50.0 Å². The summed E-state index contributed by atoms with van der Waals surface area (Å²) in [6.07, 6.45) is -12.9. The molecule has 9 N–H and O–H groups in total. The lowest BCUT2D eigenvalue weighted by Crippen LogP contribution is -2.71. The van der Waals surface area contributed by atoms with Crippen LogP contribution in [0.3, 0.4) is 0 Å². The highest BCUT2D eigenvalue weighted by atomic mass is 16.7. The number of rotatable bonds is 17. The van der Waals surface area contributed by atoms with Crippen LogP contribution < -0.4 is 26.6 Å². The molecule has 1 saturated carbocycles. The van der Waals surface area contributed by atoms with Gasteiger partial charge in [0.25, 0.3) is 5.91 Å². The van der Waals surface area contributed by atoms with Gasteiger partial charge in [-0.15, -0.1) is 0 Å². The third-order valence-electron chi connectivity index (χ3n) is 11.9. The molecule has 1 unspecified atom stereocenters. The van der Waals surface area contributed by atoms with Crippen molar-refractivity contribution in [2.45, 2.75) is 236 Å². The van der Waals surface area contributed by atoms with Crippen LogP contribution in [0.4, 0.5) is 19.2 Å². The number of aliphatic hydroxyl groups excluding tert-OH is 3. The summed E-state index contributed by atoms with van der Waals surface area (Å²) < 4.78 is 59.0. The SMILES string of the molecule is CN(C(=O)OC(C)(C)C)[C@@H]1[C@@H](O)[C@@H](O[C@@H]2[C@@H](O)[C@H](O[C@H]3O[C@H](CNCCOC4CCCCO4)CC[C@H]3NC(=O)OC(C)(C)C)[C@@H](NC(=O)OC(C)(C)C)C[C@H]2NC(=O)[C@@H](O)CNC(=O)OC(C)(C)C)OC[C@]1(C)O. The molecule has 25 nitrogen and oxygen atoms in total. The number of aliphatic hydroxyl groups is 4. The molecule has 3 aliphatic heterocycles. The Kier molecular flexibility index (Phi) is 22.4. The molecule has 25 heteroatoms. The standard InChI is InChI=1S/C49H88N6O19/c1-45(2,3)71-41(60)51-25-31(56)38(59)52-29-23-30(54-43(62)73-47(7,8)9)36(33(57)35(29)70-40-34(58)37(49(13,64)26-67-40)55(14)44(63)74-48(10,11)12)69-39-28(53-42(61)72-46(4,5)6)19-18-27(68-39)24-50-20-22-66-32-17-15-16-21-65-32/h27-37,39-40,50,56-58,64H,15-26H2,1-14H3,(H,51,60)(H,52,59)(H,53,61)(H,54,62)/t27-,28+,29+,30-,31-,32?,33+,34+,35-,36+,37+,39+,40+,49-/m0/s1. The highest BCUT2D eigenvalue weighted by molar-refractivity contribution is 5.82. The van der Waals surface area contributed by atoms with Crippen LogP contribution in [0.15, 0.2) is 0 Å². The molecule has 1 aliphatic carbocycles. The monoisotopic (exact) mass is 1060 g/mol. The quantitative estimate of drug-likeness (QED) is 0.0743. The van der Waals surface area contributed by atoms with Crippen LogP contribution in [0.25, 0.3) is 0 Å². The number of carbonyl (C=O) groups is 5. The fraction of sp³-hybridized carbons (Fsp3) is 0.898. The average Bonchev–Trinajstić information content (AvgIpc) is 3.24. The highest BCUT2D eigenvalue weighted by Gasteiger charge is 2.55. The molecule has 0 radical (unpaired) electrons. The maximum atomic E-state index is 13.8. The zero-order valence-electron chi connectivity index (χ0n) is 45.9. The van der Waals surface area contributed by atoms with E-state index in [2.05, 4.69) is 26.6 Å². The van der Waals surface area contributed by atoms with E-state index in [1.165, 1.54) is 14.0 Å². The second-order valence-electron chi connectivity index (χ2n) is 23.6. The van der Waals surface area contributed by atoms with Crippen LogP contribution in [0.5, 0.6) is 0 Å². The van der Waals surface area contributed by atoms with Crippen molar-refractivity contribution >= 4 is 30.3 Å². The van der Waals surface area contributed by atoms with Crippen molar-refractivity contribution in [1.29, 1.82) is 0 Å². The lowest BCUT2D eigenvalue weighted by atomic mass is 9.82. The first-order valence-electron chi connectivity index (χ1n) is 25.6. The fourth-order valence-corrected chi connectivity index (χ4v) is 8.74. The van der Waals surface area contributed by atoms with Gasteiger partial charge >= 0.3 is 24.4 Å². The van der Waals surface area contributed by atoms with Gasteiger partial charge in [-0.2, -0.15) is 0 Å². The minimum Gasteiger partial charge on any atom is -0.444 e. The van der Waals surface area contributed by atoms with E-state index in [4.69, 9.17) is 47.4 Å². The van der Waals surface area contributed by atoms with Crippen molar-refractivity contribution < 1.29 is 91.8 Å². The summed E-state index contributed by atoms with van der Waals surface area (Å²) in [4.78, 5) is 67.6. The minimum absolute atomic E-state index is 0.270. The first-order valence-corrected chi connectivity index (χ1v) is 25.6. The van der Waals surface area contributed by atoms with Crippen LogP contribution in [0, 0.1) is 0 Å². The van der Waals surface area contributed by atoms with Gasteiger partial charge in [0.2, 0.25) is 0 Å². The molecule has 14 atom stereocenters. The molecule has 0 aromatic carbocycles. The second kappa shape index (κ2) is 26.4. The number of likely N-dealkylation sites (N-methyl/N-ethyl adjacent to an activating group) is 1. The number of alkyl carbamates (subject to hydrolysis) is 3. The Morgan fingerprint density at radius 3 is 1.82 bits per heavy atom. The van der Waals surface area contributed by atoms with Gasteiger partial charge in [0.1, 0.15) is 58.5 Å². The largest absolute Gasteiger partial charge is 0.444 e. The van der Waals surface area contributed by atoms with Gasteiger partial charge in [0.15, 0.2) is 18.9 Å². The summed E-state index contributed by atoms with van der Waals surface area (Å²) in [7, 11) is 1.32. The zero-order valence-corrected chi connectivity index (χ0v) is 45.9. The maximum Gasteiger partial charge on any atom is 0.410 e. The summed E-state index contributed by atoms with van der Waals surface area (Å²) in [5, 5.41) is 61.0. The van der Waals surface area contributed by atoms with E-state index in [1.807, 2.05) is 0 Å². The predicted octanol–water partition coefficient (Wildman–Crippen LogP) is 2.02. The highest BCUT2D eigenvalue weighted by Crippen LogP contribution is 2.35. The van der Waals surface area contributed by atoms with E-state index in [0.717, 1.165) is 24.2 Å². The molecule has 74 heavy (non-hydrogen) atoms. The van der Waals surface area contributed by atoms with Crippen LogP contribution in [-0.2, 0) is 52.2 Å². The maximum absolute atomic E-state index is 13.8. The number of ether oxygens (including phenoxy) is 10. The van der Waals surface area contributed by atoms with E-state index < -0.39 is 145 Å². The number of hydrogen-bond acceptors (Lipinski definition) is 20. The number of amides is 5. The van der Waals surface area contributed by atoms with Crippen molar-refractivity contribution in [3.8, 4) is 0 Å². The summed E-state index contributed by atoms with van der Waals surface area (Å²) in [6.45, 7) is 21.9. The minimum atomic E-state index is -1.89. The van der Waals surface area contributed by atoms with Gasteiger partial charge < -0.3 is 99.3 Å². The molecule has 0 aromatic rings. The van der Waals surface area contributed by atoms with E-state index in [1.54, 1.807) is 83.1 Å². The van der Waals surface area contributed by atoms with Crippen LogP contribution in [0.1, 0.15) is 129 Å². The van der Waals surface area contributed by atoms with E-state index in [-0.39, 0.29) is 12.7 Å². The lowest BCUT2D eigenvalue weighted by molar-refractivity contribution is -0.314. The third kappa shape index (κ3) is 20.6. The van der Waals surface area contributed by atoms with Crippen molar-refractivity contribution in [3.63, 3.8) is 0 Å². The Hall–Kier alpha value is -3.89. The number of nitrogens with one attached hydrogen (secondary N) is 5. The summed E-state index contributed by atoms with van der Waals surface area (Å²) in [5.74, 6) is -1.05. The number of hydrogen-bond donors (Lipinski definition) is 9. The van der Waals surface area contributed by atoms with Crippen molar-refractivity contribution in [1.82, 2.24) is 31.5 Å². The summed E-state index contributed by atoms with van der Waals surface area (Å²) in [6, 6.07) is -4.93. The van der Waals surface area contributed by atoms with Gasteiger partial charge in [-0.25, -0.2) is 19.2 Å². The number of nitrogens with zero attached hydrogens (tertiary/aromatic N) is 1. The second-order valence-corrected chi connectivity index (χ2v) is 23.6. The van der Waals surface area contributed by atoms with Crippen LogP contribution >= 0.6 is 0 Å². The molecule has 5 amide bonds. The smallest absolute Gasteiger partial charge is 0.410 e. The number of carbonyl (C=O) groups excluding carboxylic acids is 5. The first kappa shape index (κ1) is 62.6. The summed E-state index contributed by atoms with van der Waals surface area (Å²) >= 11 is 0. The molecule has 4 rings (SSSR count).